The van der Waals surface area contributed by atoms with Gasteiger partial charge in [0.2, 0.25) is 5.89 Å². The van der Waals surface area contributed by atoms with Crippen LogP contribution in [0, 0.1) is 0 Å². The van der Waals surface area contributed by atoms with Crippen LogP contribution in [-0.2, 0) is 19.6 Å². The molecule has 1 N–H and O–H groups in total. The Kier molecular flexibility index (Phi) is 5.60. The van der Waals surface area contributed by atoms with E-state index in [4.69, 9.17) is 4.42 Å². The topological polar surface area (TPSA) is 74.5 Å². The van der Waals surface area contributed by atoms with Crippen molar-refractivity contribution in [1.29, 1.82) is 0 Å². The number of oxazole rings is 1. The summed E-state index contributed by atoms with van der Waals surface area (Å²) in [5.74, 6) is 0.355. The molecule has 2 aromatic heterocycles. The molecule has 1 fully saturated rings. The van der Waals surface area contributed by atoms with Crippen LogP contribution in [-0.4, -0.2) is 52.9 Å². The highest BCUT2D eigenvalue weighted by Gasteiger charge is 2.18. The molecule has 0 atom stereocenters. The molecule has 2 aromatic rings. The molecule has 0 bridgehead atoms. The minimum Gasteiger partial charge on any atom is -0.447 e. The molecule has 3 rings (SSSR count). The largest absolute Gasteiger partial charge is 0.447 e. The molecule has 0 radical (unpaired) electrons. The predicted molar refractivity (Wildman–Crippen MR) is 91.7 cm³/mol. The van der Waals surface area contributed by atoms with E-state index in [2.05, 4.69) is 25.6 Å². The quantitative estimate of drug-likeness (QED) is 0.820. The molecule has 0 aromatic carbocycles. The molecule has 130 valence electrons. The Bertz CT molecular complexity index is 678. The van der Waals surface area contributed by atoms with Crippen molar-refractivity contribution in [2.75, 3.05) is 27.2 Å². The number of carbonyl (C=O) groups excluding carboxylic acids is 1. The van der Waals surface area contributed by atoms with Crippen molar-refractivity contribution < 1.29 is 9.21 Å². The molecule has 0 saturated carbocycles. The zero-order valence-electron chi connectivity index (χ0n) is 14.1. The lowest BCUT2D eigenvalue weighted by atomic mass is 10.4. The molecule has 1 aliphatic rings. The van der Waals surface area contributed by atoms with Crippen LogP contribution in [0.25, 0.3) is 0 Å². The Balaban J connectivity index is 1.56. The first-order chi connectivity index (χ1) is 11.7. The summed E-state index contributed by atoms with van der Waals surface area (Å²) in [6.45, 7) is 4.21. The van der Waals surface area contributed by atoms with Crippen molar-refractivity contribution in [2.45, 2.75) is 32.5 Å². The molecule has 0 spiro atoms. The molecular formula is C16H23N5O2S. The van der Waals surface area contributed by atoms with Gasteiger partial charge in [0.25, 0.3) is 5.91 Å². The summed E-state index contributed by atoms with van der Waals surface area (Å²) in [6.07, 6.45) is 3.97. The number of hydrogen-bond acceptors (Lipinski definition) is 7. The van der Waals surface area contributed by atoms with Gasteiger partial charge in [-0.25, -0.2) is 9.97 Å². The van der Waals surface area contributed by atoms with Gasteiger partial charge in [0.05, 0.1) is 18.8 Å². The maximum atomic E-state index is 12.4. The van der Waals surface area contributed by atoms with E-state index in [1.807, 2.05) is 0 Å². The fourth-order valence-electron chi connectivity index (χ4n) is 2.78. The zero-order chi connectivity index (χ0) is 16.9. The van der Waals surface area contributed by atoms with E-state index in [0.29, 0.717) is 24.7 Å². The summed E-state index contributed by atoms with van der Waals surface area (Å²) in [7, 11) is 3.57. The first-order valence-corrected chi connectivity index (χ1v) is 9.04. The van der Waals surface area contributed by atoms with Crippen molar-refractivity contribution in [2.24, 2.45) is 0 Å². The third-order valence-electron chi connectivity index (χ3n) is 4.00. The Morgan fingerprint density at radius 3 is 2.96 bits per heavy atom. The van der Waals surface area contributed by atoms with Gasteiger partial charge in [-0.05, 0) is 33.0 Å². The van der Waals surface area contributed by atoms with E-state index in [-0.39, 0.29) is 5.91 Å². The monoisotopic (exact) mass is 349 g/mol. The lowest BCUT2D eigenvalue weighted by Crippen LogP contribution is -2.26. The Labute approximate surface area is 145 Å². The van der Waals surface area contributed by atoms with Gasteiger partial charge in [-0.2, -0.15) is 0 Å². The Morgan fingerprint density at radius 1 is 1.42 bits per heavy atom. The van der Waals surface area contributed by atoms with Gasteiger partial charge < -0.3 is 14.6 Å². The second-order valence-electron chi connectivity index (χ2n) is 6.03. The molecule has 1 amide bonds. The molecule has 0 unspecified atom stereocenters. The van der Waals surface area contributed by atoms with Gasteiger partial charge in [0.1, 0.15) is 11.3 Å². The summed E-state index contributed by atoms with van der Waals surface area (Å²) >= 11 is 1.60. The molecule has 24 heavy (non-hydrogen) atoms. The number of likely N-dealkylation sites (tertiary alicyclic amines) is 1. The third kappa shape index (κ3) is 4.19. The first kappa shape index (κ1) is 17.1. The molecule has 8 heteroatoms. The normalized spacial score (nSPS) is 15.1. The second-order valence-corrected chi connectivity index (χ2v) is 6.98. The fourth-order valence-corrected chi connectivity index (χ4v) is 3.61. The minimum atomic E-state index is -0.155. The number of aromatic nitrogens is 2. The third-order valence-corrected chi connectivity index (χ3v) is 4.88. The number of amides is 1. The van der Waals surface area contributed by atoms with E-state index in [1.165, 1.54) is 19.1 Å². The lowest BCUT2D eigenvalue weighted by Gasteiger charge is -2.14. The molecular weight excluding hydrogens is 326 g/mol. The summed E-state index contributed by atoms with van der Waals surface area (Å²) < 4.78 is 5.27. The lowest BCUT2D eigenvalue weighted by molar-refractivity contribution is 0.0779. The van der Waals surface area contributed by atoms with E-state index in [9.17, 15) is 4.79 Å². The predicted octanol–water partition coefficient (Wildman–Crippen LogP) is 1.72. The number of carbonyl (C=O) groups is 1. The van der Waals surface area contributed by atoms with E-state index in [0.717, 1.165) is 30.3 Å². The second kappa shape index (κ2) is 7.87. The van der Waals surface area contributed by atoms with Crippen molar-refractivity contribution >= 4 is 17.2 Å². The van der Waals surface area contributed by atoms with Crippen LogP contribution >= 0.6 is 11.3 Å². The number of rotatable bonds is 7. The van der Waals surface area contributed by atoms with Crippen LogP contribution in [0.15, 0.2) is 16.1 Å². The van der Waals surface area contributed by atoms with Crippen LogP contribution in [0.2, 0.25) is 0 Å². The number of nitrogens with zero attached hydrogens (tertiary/aromatic N) is 4. The summed E-state index contributed by atoms with van der Waals surface area (Å²) in [5, 5.41) is 5.98. The molecule has 3 heterocycles. The average Bonchev–Trinajstić information content (AvgIpc) is 3.30. The Hall–Kier alpha value is -1.77. The average molecular weight is 349 g/mol. The number of thiazole rings is 1. The standard InChI is InChI=1S/C16H23N5O2S/c1-17-7-14-19-13(10-23-14)16(22)20(2)9-15-18-12(11-24-15)8-21-5-3-4-6-21/h10-11,17H,3-9H2,1-2H3. The molecule has 7 nitrogen and oxygen atoms in total. The maximum absolute atomic E-state index is 12.4. The first-order valence-electron chi connectivity index (χ1n) is 8.16. The smallest absolute Gasteiger partial charge is 0.275 e. The van der Waals surface area contributed by atoms with Crippen LogP contribution in [0.4, 0.5) is 0 Å². The minimum absolute atomic E-state index is 0.155. The van der Waals surface area contributed by atoms with Gasteiger partial charge >= 0.3 is 0 Å². The van der Waals surface area contributed by atoms with Gasteiger partial charge in [-0.15, -0.1) is 11.3 Å². The summed E-state index contributed by atoms with van der Waals surface area (Å²) in [4.78, 5) is 25.3. The van der Waals surface area contributed by atoms with Crippen molar-refractivity contribution in [3.63, 3.8) is 0 Å². The molecule has 1 aliphatic heterocycles. The Morgan fingerprint density at radius 2 is 2.21 bits per heavy atom. The van der Waals surface area contributed by atoms with Gasteiger partial charge in [0, 0.05) is 19.0 Å². The molecule has 0 aliphatic carbocycles. The summed E-state index contributed by atoms with van der Waals surface area (Å²) in [5.41, 5.74) is 1.42. The van der Waals surface area contributed by atoms with E-state index < -0.39 is 0 Å². The van der Waals surface area contributed by atoms with Crippen molar-refractivity contribution in [3.05, 3.63) is 33.9 Å². The van der Waals surface area contributed by atoms with Crippen LogP contribution in [0.5, 0.6) is 0 Å². The van der Waals surface area contributed by atoms with Gasteiger partial charge in [0.15, 0.2) is 5.69 Å². The highest BCUT2D eigenvalue weighted by molar-refractivity contribution is 7.09. The highest BCUT2D eigenvalue weighted by Crippen LogP contribution is 2.17. The van der Waals surface area contributed by atoms with Crippen LogP contribution in [0.1, 0.15) is 39.9 Å². The van der Waals surface area contributed by atoms with Gasteiger partial charge in [-0.1, -0.05) is 0 Å². The van der Waals surface area contributed by atoms with Crippen LogP contribution < -0.4 is 5.32 Å². The fraction of sp³-hybridized carbons (Fsp3) is 0.562. The van der Waals surface area contributed by atoms with E-state index in [1.54, 1.807) is 30.3 Å². The maximum Gasteiger partial charge on any atom is 0.275 e. The number of hydrogen-bond donors (Lipinski definition) is 1. The van der Waals surface area contributed by atoms with E-state index >= 15 is 0 Å². The SMILES string of the molecule is CNCc1nc(C(=O)N(C)Cc2nc(CN3CCCC3)cs2)co1. The van der Waals surface area contributed by atoms with Crippen LogP contribution in [0.3, 0.4) is 0 Å². The summed E-state index contributed by atoms with van der Waals surface area (Å²) in [6, 6.07) is 0. The van der Waals surface area contributed by atoms with Crippen molar-refractivity contribution in [3.8, 4) is 0 Å². The van der Waals surface area contributed by atoms with Gasteiger partial charge in [-0.3, -0.25) is 9.69 Å². The highest BCUT2D eigenvalue weighted by atomic mass is 32.1. The zero-order valence-corrected chi connectivity index (χ0v) is 14.9. The van der Waals surface area contributed by atoms with Crippen molar-refractivity contribution in [1.82, 2.24) is 25.1 Å². The molecule has 1 saturated heterocycles. The number of nitrogens with one attached hydrogen (secondary N) is 1.